The van der Waals surface area contributed by atoms with Crippen molar-refractivity contribution in [2.45, 2.75) is 25.3 Å². The summed E-state index contributed by atoms with van der Waals surface area (Å²) in [6, 6.07) is 19.6. The number of carbonyl (C=O) groups is 1. The van der Waals surface area contributed by atoms with Gasteiger partial charge in [0.05, 0.1) is 11.6 Å². The molecule has 0 aliphatic carbocycles. The molecule has 1 atom stereocenters. The Labute approximate surface area is 151 Å². The van der Waals surface area contributed by atoms with Crippen LogP contribution in [0.4, 0.5) is 5.13 Å². The highest BCUT2D eigenvalue weighted by Gasteiger charge is 2.23. The minimum Gasteiger partial charge on any atom is -0.328 e. The van der Waals surface area contributed by atoms with Gasteiger partial charge >= 0.3 is 0 Å². The molecule has 4 nitrogen and oxygen atoms in total. The van der Waals surface area contributed by atoms with E-state index in [9.17, 15) is 4.79 Å². The van der Waals surface area contributed by atoms with Crippen molar-refractivity contribution in [1.29, 1.82) is 0 Å². The Hall–Kier alpha value is -2.50. The average Bonchev–Trinajstić information content (AvgIpc) is 3.03. The first kappa shape index (κ1) is 17.3. The molecule has 1 heterocycles. The van der Waals surface area contributed by atoms with Gasteiger partial charge in [0.1, 0.15) is 0 Å². The molecule has 0 aliphatic rings. The second-order valence-corrected chi connectivity index (χ2v) is 6.93. The smallest absolute Gasteiger partial charge is 0.238 e. The molecule has 25 heavy (non-hydrogen) atoms. The molecule has 3 aromatic rings. The van der Waals surface area contributed by atoms with Gasteiger partial charge in [-0.05, 0) is 18.1 Å². The first-order valence-corrected chi connectivity index (χ1v) is 9.12. The minimum atomic E-state index is -0.372. The third kappa shape index (κ3) is 4.53. The number of thiazole rings is 1. The summed E-state index contributed by atoms with van der Waals surface area (Å²) in [4.78, 5) is 17.4. The molecule has 1 aromatic heterocycles. The van der Waals surface area contributed by atoms with E-state index < -0.39 is 0 Å². The number of aromatic nitrogens is 1. The molecule has 0 radical (unpaired) electrons. The van der Waals surface area contributed by atoms with Crippen molar-refractivity contribution < 1.29 is 4.79 Å². The van der Waals surface area contributed by atoms with Crippen molar-refractivity contribution in [3.05, 3.63) is 82.9 Å². The van der Waals surface area contributed by atoms with Crippen LogP contribution in [0.1, 0.15) is 29.7 Å². The maximum Gasteiger partial charge on any atom is 0.238 e. The molecule has 0 spiro atoms. The molecule has 0 bridgehead atoms. The van der Waals surface area contributed by atoms with Crippen LogP contribution in [-0.4, -0.2) is 16.9 Å². The van der Waals surface area contributed by atoms with E-state index in [4.69, 9.17) is 5.73 Å². The molecule has 128 valence electrons. The Balaban J connectivity index is 1.84. The standard InChI is InChI=1S/C20H21N3OS/c1-14(21)12-17-13-25-20(22-17)23-19(24)18(15-8-4-2-5-9-15)16-10-6-3-7-11-16/h2-11,13-14,18H,12,21H2,1H3,(H,22,23,24). The Morgan fingerprint density at radius 1 is 1.08 bits per heavy atom. The quantitative estimate of drug-likeness (QED) is 0.710. The number of benzene rings is 2. The van der Waals surface area contributed by atoms with Gasteiger partial charge < -0.3 is 11.1 Å². The number of nitrogens with one attached hydrogen (secondary N) is 1. The van der Waals surface area contributed by atoms with E-state index in [0.29, 0.717) is 11.6 Å². The number of hydrogen-bond donors (Lipinski definition) is 2. The van der Waals surface area contributed by atoms with Crippen LogP contribution < -0.4 is 11.1 Å². The average molecular weight is 351 g/mol. The summed E-state index contributed by atoms with van der Waals surface area (Å²) < 4.78 is 0. The Kier molecular flexibility index (Phi) is 5.58. The first-order valence-electron chi connectivity index (χ1n) is 8.24. The highest BCUT2D eigenvalue weighted by Crippen LogP contribution is 2.27. The molecule has 0 fully saturated rings. The van der Waals surface area contributed by atoms with Crippen molar-refractivity contribution in [2.75, 3.05) is 5.32 Å². The number of rotatable bonds is 6. The summed E-state index contributed by atoms with van der Waals surface area (Å²) in [7, 11) is 0. The number of anilines is 1. The van der Waals surface area contributed by atoms with E-state index in [-0.39, 0.29) is 17.9 Å². The Morgan fingerprint density at radius 3 is 2.16 bits per heavy atom. The second kappa shape index (κ2) is 8.05. The largest absolute Gasteiger partial charge is 0.328 e. The van der Waals surface area contributed by atoms with Crippen molar-refractivity contribution in [3.63, 3.8) is 0 Å². The third-order valence-electron chi connectivity index (χ3n) is 3.84. The van der Waals surface area contributed by atoms with Gasteiger partial charge in [0.2, 0.25) is 5.91 Å². The maximum atomic E-state index is 13.0. The summed E-state index contributed by atoms with van der Waals surface area (Å²) in [6.07, 6.45) is 0.702. The van der Waals surface area contributed by atoms with Crippen LogP contribution in [0.5, 0.6) is 0 Å². The van der Waals surface area contributed by atoms with Gasteiger partial charge in [0.25, 0.3) is 0 Å². The lowest BCUT2D eigenvalue weighted by Crippen LogP contribution is -2.22. The van der Waals surface area contributed by atoms with Crippen LogP contribution in [0, 0.1) is 0 Å². The van der Waals surface area contributed by atoms with Gasteiger partial charge in [-0.25, -0.2) is 4.98 Å². The SMILES string of the molecule is CC(N)Cc1csc(NC(=O)C(c2ccccc2)c2ccccc2)n1. The maximum absolute atomic E-state index is 13.0. The zero-order chi connectivity index (χ0) is 17.6. The van der Waals surface area contributed by atoms with Crippen molar-refractivity contribution in [1.82, 2.24) is 4.98 Å². The van der Waals surface area contributed by atoms with Crippen LogP contribution in [-0.2, 0) is 11.2 Å². The molecule has 2 aromatic carbocycles. The molecule has 0 saturated carbocycles. The zero-order valence-corrected chi connectivity index (χ0v) is 14.9. The molecular formula is C20H21N3OS. The van der Waals surface area contributed by atoms with Crippen LogP contribution in [0.15, 0.2) is 66.0 Å². The van der Waals surface area contributed by atoms with Gasteiger partial charge in [0.15, 0.2) is 5.13 Å². The molecule has 3 N–H and O–H groups in total. The molecule has 0 saturated heterocycles. The van der Waals surface area contributed by atoms with E-state index in [1.54, 1.807) is 0 Å². The third-order valence-corrected chi connectivity index (χ3v) is 4.65. The van der Waals surface area contributed by atoms with E-state index in [2.05, 4.69) is 10.3 Å². The number of amides is 1. The predicted octanol–water partition coefficient (Wildman–Crippen LogP) is 3.80. The monoisotopic (exact) mass is 351 g/mol. The summed E-state index contributed by atoms with van der Waals surface area (Å²) in [5, 5.41) is 5.51. The Bertz CT molecular complexity index is 776. The van der Waals surface area contributed by atoms with E-state index in [1.165, 1.54) is 11.3 Å². The number of hydrogen-bond acceptors (Lipinski definition) is 4. The fraction of sp³-hybridized carbons (Fsp3) is 0.200. The molecule has 0 aliphatic heterocycles. The highest BCUT2D eigenvalue weighted by molar-refractivity contribution is 7.13. The van der Waals surface area contributed by atoms with Crippen LogP contribution >= 0.6 is 11.3 Å². The number of nitrogens with two attached hydrogens (primary N) is 1. The second-order valence-electron chi connectivity index (χ2n) is 6.07. The van der Waals surface area contributed by atoms with Crippen molar-refractivity contribution >= 4 is 22.4 Å². The van der Waals surface area contributed by atoms with Crippen LogP contribution in [0.3, 0.4) is 0 Å². The summed E-state index contributed by atoms with van der Waals surface area (Å²) in [5.41, 5.74) is 8.64. The van der Waals surface area contributed by atoms with Gasteiger partial charge in [-0.1, -0.05) is 60.7 Å². The minimum absolute atomic E-state index is 0.0482. The first-order chi connectivity index (χ1) is 12.1. The molecular weight excluding hydrogens is 330 g/mol. The fourth-order valence-corrected chi connectivity index (χ4v) is 3.48. The van der Waals surface area contributed by atoms with Gasteiger partial charge in [-0.15, -0.1) is 11.3 Å². The van der Waals surface area contributed by atoms with E-state index in [1.807, 2.05) is 73.0 Å². The lowest BCUT2D eigenvalue weighted by molar-refractivity contribution is -0.116. The van der Waals surface area contributed by atoms with Crippen molar-refractivity contribution in [2.24, 2.45) is 5.73 Å². The fourth-order valence-electron chi connectivity index (χ4n) is 2.75. The lowest BCUT2D eigenvalue weighted by Gasteiger charge is -2.17. The van der Waals surface area contributed by atoms with Gasteiger partial charge in [0, 0.05) is 17.8 Å². The predicted molar refractivity (Wildman–Crippen MR) is 103 cm³/mol. The topological polar surface area (TPSA) is 68.0 Å². The van der Waals surface area contributed by atoms with E-state index in [0.717, 1.165) is 16.8 Å². The van der Waals surface area contributed by atoms with E-state index >= 15 is 0 Å². The number of carbonyl (C=O) groups excluding carboxylic acids is 1. The Morgan fingerprint density at radius 2 is 1.64 bits per heavy atom. The zero-order valence-electron chi connectivity index (χ0n) is 14.1. The molecule has 1 unspecified atom stereocenters. The molecule has 5 heteroatoms. The van der Waals surface area contributed by atoms with Crippen molar-refractivity contribution in [3.8, 4) is 0 Å². The van der Waals surface area contributed by atoms with Gasteiger partial charge in [-0.2, -0.15) is 0 Å². The highest BCUT2D eigenvalue weighted by atomic mass is 32.1. The van der Waals surface area contributed by atoms with Crippen LogP contribution in [0.25, 0.3) is 0 Å². The molecule has 1 amide bonds. The summed E-state index contributed by atoms with van der Waals surface area (Å²) in [5.74, 6) is -0.456. The van der Waals surface area contributed by atoms with Gasteiger partial charge in [-0.3, -0.25) is 4.79 Å². The summed E-state index contributed by atoms with van der Waals surface area (Å²) >= 11 is 1.43. The summed E-state index contributed by atoms with van der Waals surface area (Å²) in [6.45, 7) is 1.94. The lowest BCUT2D eigenvalue weighted by atomic mass is 9.90. The number of nitrogens with zero attached hydrogens (tertiary/aromatic N) is 1. The normalized spacial score (nSPS) is 12.1. The van der Waals surface area contributed by atoms with Crippen LogP contribution in [0.2, 0.25) is 0 Å². The molecule has 3 rings (SSSR count).